The van der Waals surface area contributed by atoms with Crippen molar-refractivity contribution in [3.8, 4) is 5.75 Å². The highest BCUT2D eigenvalue weighted by Gasteiger charge is 2.30. The van der Waals surface area contributed by atoms with E-state index in [0.29, 0.717) is 17.0 Å². The van der Waals surface area contributed by atoms with Crippen LogP contribution in [0.5, 0.6) is 5.75 Å². The largest absolute Gasteiger partial charge is 0.496 e. The summed E-state index contributed by atoms with van der Waals surface area (Å²) in [6, 6.07) is 6.64. The van der Waals surface area contributed by atoms with Crippen LogP contribution in [0.15, 0.2) is 29.6 Å². The molecule has 2 N–H and O–H groups in total. The molecule has 28 heavy (non-hydrogen) atoms. The van der Waals surface area contributed by atoms with Crippen molar-refractivity contribution in [1.82, 2.24) is 5.32 Å². The number of methoxy groups -OCH3 is 1. The summed E-state index contributed by atoms with van der Waals surface area (Å²) in [7, 11) is 1.53. The average molecular weight is 401 g/mol. The van der Waals surface area contributed by atoms with Gasteiger partial charge >= 0.3 is 6.03 Å². The van der Waals surface area contributed by atoms with Gasteiger partial charge in [0.2, 0.25) is 5.91 Å². The maximum Gasteiger partial charge on any atom is 0.328 e. The Morgan fingerprint density at radius 3 is 2.61 bits per heavy atom. The third-order valence-corrected chi connectivity index (χ3v) is 5.24. The Labute approximate surface area is 167 Å². The molecular formula is C20H23N3O4S. The van der Waals surface area contributed by atoms with Crippen molar-refractivity contribution < 1.29 is 19.1 Å². The quantitative estimate of drug-likeness (QED) is 0.817. The molecule has 7 nitrogen and oxygen atoms in total. The van der Waals surface area contributed by atoms with E-state index in [1.807, 2.05) is 44.4 Å². The summed E-state index contributed by atoms with van der Waals surface area (Å²) in [6.07, 6.45) is 0.208. The van der Waals surface area contributed by atoms with Crippen molar-refractivity contribution in [1.29, 1.82) is 0 Å². The number of nitrogens with one attached hydrogen (secondary N) is 2. The summed E-state index contributed by atoms with van der Waals surface area (Å²) < 4.78 is 5.60. The summed E-state index contributed by atoms with van der Waals surface area (Å²) in [5.41, 5.74) is 1.35. The van der Waals surface area contributed by atoms with Crippen molar-refractivity contribution in [2.45, 2.75) is 32.6 Å². The van der Waals surface area contributed by atoms with Crippen LogP contribution in [0.25, 0.3) is 0 Å². The van der Waals surface area contributed by atoms with Gasteiger partial charge in [-0.15, -0.1) is 11.3 Å². The molecule has 3 rings (SSSR count). The maximum atomic E-state index is 13.0. The highest BCUT2D eigenvalue weighted by molar-refractivity contribution is 7.14. The first-order valence-corrected chi connectivity index (χ1v) is 9.77. The number of carbonyl (C=O) groups is 3. The Balaban J connectivity index is 2.09. The Hall–Kier alpha value is -2.87. The smallest absolute Gasteiger partial charge is 0.328 e. The van der Waals surface area contributed by atoms with Gasteiger partial charge in [0.1, 0.15) is 5.75 Å². The second-order valence-corrected chi connectivity index (χ2v) is 8.46. The van der Waals surface area contributed by atoms with Gasteiger partial charge in [0.15, 0.2) is 0 Å². The number of benzene rings is 1. The first kappa shape index (κ1) is 19.9. The van der Waals surface area contributed by atoms with Gasteiger partial charge < -0.3 is 10.1 Å². The lowest BCUT2D eigenvalue weighted by atomic mass is 9.84. The minimum atomic E-state index is -0.495. The van der Waals surface area contributed by atoms with E-state index in [0.717, 1.165) is 10.6 Å². The summed E-state index contributed by atoms with van der Waals surface area (Å²) in [5.74, 6) is -0.152. The van der Waals surface area contributed by atoms with Gasteiger partial charge in [0.25, 0.3) is 5.91 Å². The van der Waals surface area contributed by atoms with Crippen LogP contribution in [0.4, 0.5) is 15.5 Å². The molecule has 0 bridgehead atoms. The zero-order chi connectivity index (χ0) is 20.5. The van der Waals surface area contributed by atoms with E-state index in [-0.39, 0.29) is 30.2 Å². The normalized spacial score (nSPS) is 14.6. The number of nitrogens with zero attached hydrogens (tertiary/aromatic N) is 1. The first-order valence-electron chi connectivity index (χ1n) is 8.89. The van der Waals surface area contributed by atoms with Crippen molar-refractivity contribution in [3.05, 3.63) is 40.8 Å². The van der Waals surface area contributed by atoms with E-state index in [1.54, 1.807) is 6.07 Å². The van der Waals surface area contributed by atoms with Gasteiger partial charge in [-0.1, -0.05) is 20.8 Å². The molecule has 2 heterocycles. The molecule has 1 fully saturated rings. The molecule has 0 radical (unpaired) electrons. The van der Waals surface area contributed by atoms with E-state index < -0.39 is 6.03 Å². The molecule has 8 heteroatoms. The zero-order valence-corrected chi connectivity index (χ0v) is 17.1. The number of hydrogen-bond donors (Lipinski definition) is 2. The molecule has 4 amide bonds. The van der Waals surface area contributed by atoms with Crippen LogP contribution in [-0.4, -0.2) is 31.5 Å². The summed E-state index contributed by atoms with van der Waals surface area (Å²) in [5, 5.41) is 7.78. The minimum Gasteiger partial charge on any atom is -0.496 e. The molecule has 0 atom stereocenters. The summed E-state index contributed by atoms with van der Waals surface area (Å²) >= 11 is 1.42. The Morgan fingerprint density at radius 1 is 1.29 bits per heavy atom. The number of amides is 4. The lowest BCUT2D eigenvalue weighted by Crippen LogP contribution is -2.49. The van der Waals surface area contributed by atoms with Crippen LogP contribution in [0, 0.1) is 0 Å². The number of imide groups is 1. The number of thiophene rings is 1. The first-order chi connectivity index (χ1) is 13.2. The molecule has 148 valence electrons. The van der Waals surface area contributed by atoms with Gasteiger partial charge in [0.05, 0.1) is 17.7 Å². The Bertz CT molecular complexity index is 916. The second-order valence-electron chi connectivity index (χ2n) is 7.51. The number of hydrogen-bond acceptors (Lipinski definition) is 5. The number of urea groups is 1. The highest BCUT2D eigenvalue weighted by atomic mass is 32.1. The van der Waals surface area contributed by atoms with E-state index >= 15 is 0 Å². The van der Waals surface area contributed by atoms with Crippen molar-refractivity contribution in [2.75, 3.05) is 23.9 Å². The van der Waals surface area contributed by atoms with Gasteiger partial charge in [0, 0.05) is 24.2 Å². The number of carbonyl (C=O) groups excluding carboxylic acids is 3. The molecule has 1 aliphatic heterocycles. The van der Waals surface area contributed by atoms with Crippen molar-refractivity contribution >= 4 is 39.9 Å². The average Bonchev–Trinajstić information content (AvgIpc) is 3.12. The standard InChI is InChI=1S/C20H23N3O4S/c1-20(2,3)14-11-12(23-8-7-15(24)21-19(23)26)10-13(17(14)27-4)18(25)22-16-6-5-9-28-16/h5-6,9-11H,7-8H2,1-4H3,(H,22,25)(H,21,24,26). The molecule has 0 spiro atoms. The molecule has 0 aliphatic carbocycles. The number of ether oxygens (including phenoxy) is 1. The fourth-order valence-electron chi connectivity index (χ4n) is 3.05. The van der Waals surface area contributed by atoms with Gasteiger partial charge in [-0.2, -0.15) is 0 Å². The maximum absolute atomic E-state index is 13.0. The molecule has 1 aromatic carbocycles. The lowest BCUT2D eigenvalue weighted by molar-refractivity contribution is -0.120. The van der Waals surface area contributed by atoms with Gasteiger partial charge in [-0.3, -0.25) is 19.8 Å². The van der Waals surface area contributed by atoms with Gasteiger partial charge in [-0.05, 0) is 35.1 Å². The van der Waals surface area contributed by atoms with Crippen LogP contribution < -0.4 is 20.3 Å². The minimum absolute atomic E-state index is 0.208. The predicted molar refractivity (Wildman–Crippen MR) is 109 cm³/mol. The fraction of sp³-hybridized carbons (Fsp3) is 0.350. The Morgan fingerprint density at radius 2 is 2.04 bits per heavy atom. The fourth-order valence-corrected chi connectivity index (χ4v) is 3.67. The highest BCUT2D eigenvalue weighted by Crippen LogP contribution is 2.38. The molecule has 1 aromatic heterocycles. The zero-order valence-electron chi connectivity index (χ0n) is 16.3. The predicted octanol–water partition coefficient (Wildman–Crippen LogP) is 3.75. The van der Waals surface area contributed by atoms with E-state index in [4.69, 9.17) is 4.74 Å². The second kappa shape index (κ2) is 7.63. The van der Waals surface area contributed by atoms with Crippen molar-refractivity contribution in [2.24, 2.45) is 0 Å². The van der Waals surface area contributed by atoms with Crippen LogP contribution in [-0.2, 0) is 10.2 Å². The van der Waals surface area contributed by atoms with Gasteiger partial charge in [-0.25, -0.2) is 4.79 Å². The van der Waals surface area contributed by atoms with Crippen LogP contribution >= 0.6 is 11.3 Å². The molecular weight excluding hydrogens is 378 g/mol. The summed E-state index contributed by atoms with van der Waals surface area (Å²) in [6.45, 7) is 6.28. The molecule has 1 aliphatic rings. The van der Waals surface area contributed by atoms with Crippen molar-refractivity contribution in [3.63, 3.8) is 0 Å². The van der Waals surface area contributed by atoms with Crippen LogP contribution in [0.3, 0.4) is 0 Å². The lowest BCUT2D eigenvalue weighted by Gasteiger charge is -2.30. The van der Waals surface area contributed by atoms with Crippen LogP contribution in [0.2, 0.25) is 0 Å². The molecule has 0 unspecified atom stereocenters. The third kappa shape index (κ3) is 4.01. The van der Waals surface area contributed by atoms with Crippen LogP contribution in [0.1, 0.15) is 43.1 Å². The Kier molecular flexibility index (Phi) is 5.42. The monoisotopic (exact) mass is 401 g/mol. The van der Waals surface area contributed by atoms with E-state index in [9.17, 15) is 14.4 Å². The van der Waals surface area contributed by atoms with E-state index in [1.165, 1.54) is 23.3 Å². The number of rotatable bonds is 4. The third-order valence-electron chi connectivity index (χ3n) is 4.45. The molecule has 0 saturated carbocycles. The topological polar surface area (TPSA) is 87.7 Å². The molecule has 2 aromatic rings. The number of anilines is 2. The van der Waals surface area contributed by atoms with E-state index in [2.05, 4.69) is 10.6 Å². The molecule has 1 saturated heterocycles. The summed E-state index contributed by atoms with van der Waals surface area (Å²) in [4.78, 5) is 38.3. The SMILES string of the molecule is COc1c(C(=O)Nc2cccs2)cc(N2CCC(=O)NC2=O)cc1C(C)(C)C.